The van der Waals surface area contributed by atoms with Crippen LogP contribution in [-0.2, 0) is 4.79 Å². The second-order valence-corrected chi connectivity index (χ2v) is 7.47. The first-order chi connectivity index (χ1) is 13.1. The van der Waals surface area contributed by atoms with E-state index in [1.807, 2.05) is 37.3 Å². The van der Waals surface area contributed by atoms with Gasteiger partial charge in [-0.2, -0.15) is 0 Å². The van der Waals surface area contributed by atoms with Crippen LogP contribution in [0.25, 0.3) is 11.0 Å². The Bertz CT molecular complexity index is 934. The van der Waals surface area contributed by atoms with Crippen LogP contribution in [0.4, 0.5) is 0 Å². The SMILES string of the molecule is Cc1ccc2nc([C@@H]3CCCN3CC(=O)N[C@H](C)c3ccccc3)[nH]c2c1. The molecule has 4 rings (SSSR count). The number of hydrogen-bond acceptors (Lipinski definition) is 3. The third kappa shape index (κ3) is 3.88. The number of aromatic amines is 1. The van der Waals surface area contributed by atoms with Crippen molar-refractivity contribution in [3.63, 3.8) is 0 Å². The van der Waals surface area contributed by atoms with E-state index in [0.29, 0.717) is 6.54 Å². The molecule has 1 amide bonds. The number of carbonyl (C=O) groups is 1. The van der Waals surface area contributed by atoms with E-state index >= 15 is 0 Å². The smallest absolute Gasteiger partial charge is 0.234 e. The average Bonchev–Trinajstić information content (AvgIpc) is 3.28. The lowest BCUT2D eigenvalue weighted by molar-refractivity contribution is -0.123. The molecule has 2 aromatic carbocycles. The average molecular weight is 362 g/mol. The maximum Gasteiger partial charge on any atom is 0.234 e. The van der Waals surface area contributed by atoms with Crippen molar-refractivity contribution >= 4 is 16.9 Å². The van der Waals surface area contributed by atoms with Crippen molar-refractivity contribution in [2.75, 3.05) is 13.1 Å². The number of fused-ring (bicyclic) bond motifs is 1. The van der Waals surface area contributed by atoms with Gasteiger partial charge in [-0.15, -0.1) is 0 Å². The largest absolute Gasteiger partial charge is 0.348 e. The number of H-pyrrole nitrogens is 1. The molecule has 2 heterocycles. The lowest BCUT2D eigenvalue weighted by Crippen LogP contribution is -2.38. The van der Waals surface area contributed by atoms with Gasteiger partial charge in [0.25, 0.3) is 0 Å². The highest BCUT2D eigenvalue weighted by molar-refractivity contribution is 5.79. The molecule has 0 aliphatic carbocycles. The number of aryl methyl sites for hydroxylation is 1. The molecule has 140 valence electrons. The Balaban J connectivity index is 1.44. The van der Waals surface area contributed by atoms with E-state index in [-0.39, 0.29) is 18.0 Å². The molecule has 5 heteroatoms. The van der Waals surface area contributed by atoms with Gasteiger partial charge in [0.2, 0.25) is 5.91 Å². The van der Waals surface area contributed by atoms with Crippen molar-refractivity contribution in [1.82, 2.24) is 20.2 Å². The molecular weight excluding hydrogens is 336 g/mol. The number of carbonyl (C=O) groups excluding carboxylic acids is 1. The van der Waals surface area contributed by atoms with Gasteiger partial charge in [-0.25, -0.2) is 4.98 Å². The molecular formula is C22H26N4O. The number of benzene rings is 2. The normalized spacial score (nSPS) is 18.7. The number of imidazole rings is 1. The molecule has 0 radical (unpaired) electrons. The monoisotopic (exact) mass is 362 g/mol. The molecule has 0 unspecified atom stereocenters. The molecule has 2 atom stereocenters. The molecule has 5 nitrogen and oxygen atoms in total. The summed E-state index contributed by atoms with van der Waals surface area (Å²) in [6.45, 7) is 5.43. The highest BCUT2D eigenvalue weighted by Gasteiger charge is 2.30. The fourth-order valence-electron chi connectivity index (χ4n) is 3.92. The van der Waals surface area contributed by atoms with Gasteiger partial charge in [-0.1, -0.05) is 36.4 Å². The first-order valence-corrected chi connectivity index (χ1v) is 9.65. The van der Waals surface area contributed by atoms with Crippen LogP contribution in [0.1, 0.15) is 48.8 Å². The third-order valence-corrected chi connectivity index (χ3v) is 5.36. The van der Waals surface area contributed by atoms with E-state index in [2.05, 4.69) is 40.3 Å². The van der Waals surface area contributed by atoms with Gasteiger partial charge in [-0.3, -0.25) is 9.69 Å². The molecule has 1 aromatic heterocycles. The van der Waals surface area contributed by atoms with E-state index in [0.717, 1.165) is 41.8 Å². The quantitative estimate of drug-likeness (QED) is 0.724. The van der Waals surface area contributed by atoms with Crippen LogP contribution < -0.4 is 5.32 Å². The van der Waals surface area contributed by atoms with Gasteiger partial charge in [0.15, 0.2) is 0 Å². The zero-order valence-corrected chi connectivity index (χ0v) is 15.9. The summed E-state index contributed by atoms with van der Waals surface area (Å²) in [4.78, 5) is 23.1. The first kappa shape index (κ1) is 17.7. The summed E-state index contributed by atoms with van der Waals surface area (Å²) in [6.07, 6.45) is 2.11. The summed E-state index contributed by atoms with van der Waals surface area (Å²) in [5.74, 6) is 1.03. The van der Waals surface area contributed by atoms with Gasteiger partial charge in [0.1, 0.15) is 5.82 Å². The minimum atomic E-state index is 0.00827. The van der Waals surface area contributed by atoms with E-state index < -0.39 is 0 Å². The number of hydrogen-bond donors (Lipinski definition) is 2. The Morgan fingerprint density at radius 3 is 2.93 bits per heavy atom. The fourth-order valence-corrected chi connectivity index (χ4v) is 3.92. The summed E-state index contributed by atoms with van der Waals surface area (Å²) in [7, 11) is 0. The molecule has 3 aromatic rings. The number of amides is 1. The van der Waals surface area contributed by atoms with Crippen molar-refractivity contribution in [3.05, 3.63) is 65.5 Å². The number of likely N-dealkylation sites (tertiary alicyclic amines) is 1. The predicted octanol–water partition coefficient (Wildman–Crippen LogP) is 3.89. The first-order valence-electron chi connectivity index (χ1n) is 9.65. The number of nitrogens with one attached hydrogen (secondary N) is 2. The lowest BCUT2D eigenvalue weighted by Gasteiger charge is -2.23. The van der Waals surface area contributed by atoms with Crippen LogP contribution in [-0.4, -0.2) is 33.9 Å². The maximum atomic E-state index is 12.6. The van der Waals surface area contributed by atoms with Crippen LogP contribution >= 0.6 is 0 Å². The Kier molecular flexibility index (Phi) is 4.94. The Morgan fingerprint density at radius 2 is 2.11 bits per heavy atom. The Hall–Kier alpha value is -2.66. The van der Waals surface area contributed by atoms with Crippen molar-refractivity contribution < 1.29 is 4.79 Å². The predicted molar refractivity (Wildman–Crippen MR) is 107 cm³/mol. The minimum Gasteiger partial charge on any atom is -0.348 e. The van der Waals surface area contributed by atoms with Crippen molar-refractivity contribution in [1.29, 1.82) is 0 Å². The third-order valence-electron chi connectivity index (χ3n) is 5.36. The minimum absolute atomic E-state index is 0.00827. The van der Waals surface area contributed by atoms with Gasteiger partial charge < -0.3 is 10.3 Å². The summed E-state index contributed by atoms with van der Waals surface area (Å²) in [5.41, 5.74) is 4.40. The van der Waals surface area contributed by atoms with Crippen LogP contribution in [0.3, 0.4) is 0 Å². The van der Waals surface area contributed by atoms with Crippen molar-refractivity contribution in [2.24, 2.45) is 0 Å². The topological polar surface area (TPSA) is 61.0 Å². The van der Waals surface area contributed by atoms with Crippen LogP contribution in [0.5, 0.6) is 0 Å². The van der Waals surface area contributed by atoms with Gasteiger partial charge in [-0.05, 0) is 56.5 Å². The van der Waals surface area contributed by atoms with E-state index in [9.17, 15) is 4.79 Å². The van der Waals surface area contributed by atoms with Crippen LogP contribution in [0.15, 0.2) is 48.5 Å². The second-order valence-electron chi connectivity index (χ2n) is 7.47. The zero-order valence-electron chi connectivity index (χ0n) is 15.9. The van der Waals surface area contributed by atoms with Gasteiger partial charge in [0.05, 0.1) is 29.7 Å². The number of rotatable bonds is 5. The number of nitrogens with zero attached hydrogens (tertiary/aromatic N) is 2. The molecule has 1 fully saturated rings. The molecule has 0 spiro atoms. The van der Waals surface area contributed by atoms with Crippen LogP contribution in [0.2, 0.25) is 0 Å². The standard InChI is InChI=1S/C22H26N4O/c1-15-10-11-18-19(13-15)25-22(24-18)20-9-6-12-26(20)14-21(27)23-16(2)17-7-4-3-5-8-17/h3-5,7-8,10-11,13,16,20H,6,9,12,14H2,1-2H3,(H,23,27)(H,24,25)/t16-,20+/m1/s1. The summed E-state index contributed by atoms with van der Waals surface area (Å²) < 4.78 is 0. The summed E-state index contributed by atoms with van der Waals surface area (Å²) >= 11 is 0. The molecule has 27 heavy (non-hydrogen) atoms. The van der Waals surface area contributed by atoms with E-state index in [1.165, 1.54) is 5.56 Å². The second kappa shape index (κ2) is 7.53. The van der Waals surface area contributed by atoms with E-state index in [4.69, 9.17) is 4.98 Å². The molecule has 1 saturated heterocycles. The molecule has 0 saturated carbocycles. The van der Waals surface area contributed by atoms with Gasteiger partial charge in [0, 0.05) is 0 Å². The molecule has 1 aliphatic heterocycles. The highest BCUT2D eigenvalue weighted by atomic mass is 16.2. The summed E-state index contributed by atoms with van der Waals surface area (Å²) in [6, 6.07) is 16.5. The number of aromatic nitrogens is 2. The zero-order chi connectivity index (χ0) is 18.8. The Morgan fingerprint density at radius 1 is 1.30 bits per heavy atom. The van der Waals surface area contributed by atoms with Crippen LogP contribution in [0, 0.1) is 6.92 Å². The lowest BCUT2D eigenvalue weighted by atomic mass is 10.1. The van der Waals surface area contributed by atoms with Crippen molar-refractivity contribution in [3.8, 4) is 0 Å². The maximum absolute atomic E-state index is 12.6. The molecule has 1 aliphatic rings. The Labute approximate surface area is 159 Å². The fraction of sp³-hybridized carbons (Fsp3) is 0.364. The highest BCUT2D eigenvalue weighted by Crippen LogP contribution is 2.31. The van der Waals surface area contributed by atoms with E-state index in [1.54, 1.807) is 0 Å². The summed E-state index contributed by atoms with van der Waals surface area (Å²) in [5, 5.41) is 3.12. The van der Waals surface area contributed by atoms with Crippen molar-refractivity contribution in [2.45, 2.75) is 38.8 Å². The molecule has 0 bridgehead atoms. The molecule has 2 N–H and O–H groups in total. The van der Waals surface area contributed by atoms with Gasteiger partial charge >= 0.3 is 0 Å².